The van der Waals surface area contributed by atoms with E-state index in [1.165, 1.54) is 22.7 Å². The number of hydrogen-bond donors (Lipinski definition) is 0. The van der Waals surface area contributed by atoms with Gasteiger partial charge >= 0.3 is 0 Å². The number of nitrogens with zero attached hydrogens (tertiary/aromatic N) is 2. The highest BCUT2D eigenvalue weighted by molar-refractivity contribution is 9.10. The molecule has 0 spiro atoms. The predicted molar refractivity (Wildman–Crippen MR) is 94.3 cm³/mol. The van der Waals surface area contributed by atoms with Gasteiger partial charge in [0.25, 0.3) is 0 Å². The molecule has 4 heteroatoms. The molecule has 2 nitrogen and oxygen atoms in total. The zero-order valence-corrected chi connectivity index (χ0v) is 14.4. The first-order valence-electron chi connectivity index (χ1n) is 7.38. The highest BCUT2D eigenvalue weighted by atomic mass is 79.9. The van der Waals surface area contributed by atoms with Crippen molar-refractivity contribution < 1.29 is 0 Å². The Labute approximate surface area is 138 Å². The van der Waals surface area contributed by atoms with E-state index in [4.69, 9.17) is 16.6 Å². The van der Waals surface area contributed by atoms with Crippen LogP contribution in [-0.2, 0) is 13.0 Å². The molecule has 0 radical (unpaired) electrons. The molecule has 0 N–H and O–H groups in total. The normalized spacial score (nSPS) is 11.6. The van der Waals surface area contributed by atoms with Crippen molar-refractivity contribution in [3.05, 3.63) is 40.6 Å². The van der Waals surface area contributed by atoms with Gasteiger partial charge < -0.3 is 4.57 Å². The Morgan fingerprint density at radius 3 is 2.71 bits per heavy atom. The zero-order chi connectivity index (χ0) is 14.8. The van der Waals surface area contributed by atoms with E-state index in [0.717, 1.165) is 35.2 Å². The van der Waals surface area contributed by atoms with E-state index in [2.05, 4.69) is 57.8 Å². The lowest BCUT2D eigenvalue weighted by atomic mass is 10.1. The number of unbranched alkanes of at least 4 members (excludes halogenated alkanes) is 1. The topological polar surface area (TPSA) is 17.8 Å². The summed E-state index contributed by atoms with van der Waals surface area (Å²) in [5.41, 5.74) is 2.29. The molecule has 2 aromatic carbocycles. The lowest BCUT2D eigenvalue weighted by molar-refractivity contribution is 0.621. The Bertz CT molecular complexity index is 779. The molecule has 0 bridgehead atoms. The van der Waals surface area contributed by atoms with Crippen LogP contribution in [0.3, 0.4) is 0 Å². The average Bonchev–Trinajstić information content (AvgIpc) is 2.83. The molecular formula is C17H18BrClN2. The summed E-state index contributed by atoms with van der Waals surface area (Å²) in [5, 5.41) is 2.49. The van der Waals surface area contributed by atoms with E-state index >= 15 is 0 Å². The molecular weight excluding hydrogens is 348 g/mol. The van der Waals surface area contributed by atoms with Crippen LogP contribution in [0.1, 0.15) is 25.6 Å². The standard InChI is InChI=1S/C17H18BrClN2/c1-2-3-10-21-16(8-9-19)20-15-11-14(18)12-6-4-5-7-13(12)17(15)21/h4-7,11H,2-3,8-10H2,1H3. The minimum absolute atomic E-state index is 0.606. The maximum Gasteiger partial charge on any atom is 0.111 e. The van der Waals surface area contributed by atoms with Gasteiger partial charge in [-0.2, -0.15) is 0 Å². The summed E-state index contributed by atoms with van der Waals surface area (Å²) in [6, 6.07) is 10.6. The molecule has 1 aromatic heterocycles. The molecule has 0 amide bonds. The molecule has 0 saturated carbocycles. The molecule has 0 aliphatic rings. The van der Waals surface area contributed by atoms with Crippen molar-refractivity contribution in [2.45, 2.75) is 32.7 Å². The molecule has 3 aromatic rings. The van der Waals surface area contributed by atoms with Crippen LogP contribution >= 0.6 is 27.5 Å². The second kappa shape index (κ2) is 6.37. The highest BCUT2D eigenvalue weighted by Gasteiger charge is 2.14. The summed E-state index contributed by atoms with van der Waals surface area (Å²) in [4.78, 5) is 4.81. The third-order valence-electron chi connectivity index (χ3n) is 3.83. The van der Waals surface area contributed by atoms with Crippen LogP contribution < -0.4 is 0 Å². The van der Waals surface area contributed by atoms with Gasteiger partial charge in [0.1, 0.15) is 5.82 Å². The van der Waals surface area contributed by atoms with Gasteiger partial charge in [-0.3, -0.25) is 0 Å². The smallest absolute Gasteiger partial charge is 0.111 e. The van der Waals surface area contributed by atoms with E-state index in [0.29, 0.717) is 5.88 Å². The fourth-order valence-electron chi connectivity index (χ4n) is 2.83. The zero-order valence-electron chi connectivity index (χ0n) is 12.1. The fourth-order valence-corrected chi connectivity index (χ4v) is 3.56. The van der Waals surface area contributed by atoms with Crippen LogP contribution in [0.2, 0.25) is 0 Å². The number of halogens is 2. The van der Waals surface area contributed by atoms with E-state index in [9.17, 15) is 0 Å². The van der Waals surface area contributed by atoms with Gasteiger partial charge in [-0.15, -0.1) is 11.6 Å². The quantitative estimate of drug-likeness (QED) is 0.543. The Hall–Kier alpha value is -1.06. The Morgan fingerprint density at radius 1 is 1.24 bits per heavy atom. The van der Waals surface area contributed by atoms with Crippen molar-refractivity contribution in [3.63, 3.8) is 0 Å². The summed E-state index contributed by atoms with van der Waals surface area (Å²) >= 11 is 9.62. The van der Waals surface area contributed by atoms with Crippen molar-refractivity contribution in [3.8, 4) is 0 Å². The summed E-state index contributed by atoms with van der Waals surface area (Å²) in [7, 11) is 0. The van der Waals surface area contributed by atoms with E-state index in [-0.39, 0.29) is 0 Å². The first kappa shape index (κ1) is 14.9. The van der Waals surface area contributed by atoms with Gasteiger partial charge in [0, 0.05) is 28.7 Å². The predicted octanol–water partition coefficient (Wildman–Crippen LogP) is 5.53. The fraction of sp³-hybridized carbons (Fsp3) is 0.353. The van der Waals surface area contributed by atoms with Gasteiger partial charge in [0.15, 0.2) is 0 Å². The maximum atomic E-state index is 5.96. The van der Waals surface area contributed by atoms with Crippen molar-refractivity contribution in [2.75, 3.05) is 5.88 Å². The second-order valence-corrected chi connectivity index (χ2v) is 6.48. The summed E-state index contributed by atoms with van der Waals surface area (Å²) in [6.45, 7) is 3.22. The summed E-state index contributed by atoms with van der Waals surface area (Å²) in [5.74, 6) is 1.70. The average molecular weight is 366 g/mol. The third-order valence-corrected chi connectivity index (χ3v) is 4.67. The van der Waals surface area contributed by atoms with Crippen molar-refractivity contribution in [1.29, 1.82) is 0 Å². The second-order valence-electron chi connectivity index (χ2n) is 5.24. The third kappa shape index (κ3) is 2.69. The molecule has 21 heavy (non-hydrogen) atoms. The largest absolute Gasteiger partial charge is 0.327 e. The monoisotopic (exact) mass is 364 g/mol. The first-order chi connectivity index (χ1) is 10.3. The van der Waals surface area contributed by atoms with E-state index in [1.54, 1.807) is 0 Å². The van der Waals surface area contributed by atoms with E-state index < -0.39 is 0 Å². The Kier molecular flexibility index (Phi) is 4.51. The molecule has 0 aliphatic carbocycles. The minimum Gasteiger partial charge on any atom is -0.327 e. The van der Waals surface area contributed by atoms with Crippen molar-refractivity contribution in [1.82, 2.24) is 9.55 Å². The molecule has 0 saturated heterocycles. The van der Waals surface area contributed by atoms with Crippen LogP contribution in [-0.4, -0.2) is 15.4 Å². The lowest BCUT2D eigenvalue weighted by Gasteiger charge is -2.10. The SMILES string of the molecule is CCCCn1c(CCCl)nc2cc(Br)c3ccccc3c21. The molecule has 1 heterocycles. The molecule has 0 aliphatic heterocycles. The van der Waals surface area contributed by atoms with Crippen LogP contribution in [0, 0.1) is 0 Å². The number of fused-ring (bicyclic) bond motifs is 3. The number of hydrogen-bond acceptors (Lipinski definition) is 1. The lowest BCUT2D eigenvalue weighted by Crippen LogP contribution is -2.05. The first-order valence-corrected chi connectivity index (χ1v) is 8.71. The molecule has 110 valence electrons. The van der Waals surface area contributed by atoms with Gasteiger partial charge in [-0.05, 0) is 17.9 Å². The Morgan fingerprint density at radius 2 is 2.00 bits per heavy atom. The molecule has 3 rings (SSSR count). The molecule has 0 unspecified atom stereocenters. The number of aryl methyl sites for hydroxylation is 2. The minimum atomic E-state index is 0.606. The van der Waals surface area contributed by atoms with Crippen LogP contribution in [0.4, 0.5) is 0 Å². The van der Waals surface area contributed by atoms with Crippen LogP contribution in [0.5, 0.6) is 0 Å². The molecule has 0 atom stereocenters. The highest BCUT2D eigenvalue weighted by Crippen LogP contribution is 2.32. The summed E-state index contributed by atoms with van der Waals surface area (Å²) < 4.78 is 3.46. The number of aromatic nitrogens is 2. The van der Waals surface area contributed by atoms with Crippen molar-refractivity contribution >= 4 is 49.3 Å². The van der Waals surface area contributed by atoms with Crippen LogP contribution in [0.15, 0.2) is 34.8 Å². The Balaban J connectivity index is 2.32. The van der Waals surface area contributed by atoms with E-state index in [1.807, 2.05) is 0 Å². The number of alkyl halides is 1. The van der Waals surface area contributed by atoms with Crippen molar-refractivity contribution in [2.24, 2.45) is 0 Å². The number of imidazole rings is 1. The molecule has 0 fully saturated rings. The van der Waals surface area contributed by atoms with Gasteiger partial charge in [0.05, 0.1) is 11.0 Å². The van der Waals surface area contributed by atoms with Gasteiger partial charge in [0.2, 0.25) is 0 Å². The number of rotatable bonds is 5. The maximum absolute atomic E-state index is 5.96. The number of benzene rings is 2. The van der Waals surface area contributed by atoms with Crippen LogP contribution in [0.25, 0.3) is 21.8 Å². The van der Waals surface area contributed by atoms with Gasteiger partial charge in [-0.1, -0.05) is 53.5 Å². The van der Waals surface area contributed by atoms with Gasteiger partial charge in [-0.25, -0.2) is 4.98 Å². The summed E-state index contributed by atoms with van der Waals surface area (Å²) in [6.07, 6.45) is 3.14.